The lowest BCUT2D eigenvalue weighted by Gasteiger charge is -1.96. The molecule has 7 heteroatoms. The van der Waals surface area contributed by atoms with Crippen LogP contribution in [0.15, 0.2) is 0 Å². The third-order valence-electron chi connectivity index (χ3n) is 0.995. The summed E-state index contributed by atoms with van der Waals surface area (Å²) in [7, 11) is 0. The van der Waals surface area contributed by atoms with E-state index in [1.165, 1.54) is 4.68 Å². The van der Waals surface area contributed by atoms with E-state index in [1.807, 2.05) is 0 Å². The first-order valence-electron chi connectivity index (χ1n) is 2.39. The van der Waals surface area contributed by atoms with Gasteiger partial charge in [0.25, 0.3) is 5.95 Å². The van der Waals surface area contributed by atoms with Gasteiger partial charge in [0, 0.05) is 0 Å². The van der Waals surface area contributed by atoms with Crippen molar-refractivity contribution >= 4 is 5.95 Å². The Bertz CT molecular complexity index is 207. The van der Waals surface area contributed by atoms with E-state index in [4.69, 9.17) is 11.7 Å². The van der Waals surface area contributed by atoms with Gasteiger partial charge in [-0.3, -0.25) is 5.43 Å². The van der Waals surface area contributed by atoms with E-state index in [1.54, 1.807) is 6.92 Å². The summed E-state index contributed by atoms with van der Waals surface area (Å²) in [5, 5.41) is 7.22. The molecular weight excluding hydrogens is 156 g/mol. The summed E-state index contributed by atoms with van der Waals surface area (Å²) < 4.78 is 1.26. The molecule has 0 saturated heterocycles. The summed E-state index contributed by atoms with van der Waals surface area (Å²) in [6.45, 7) is 1.73. The highest BCUT2D eigenvalue weighted by Gasteiger charge is 2.00. The van der Waals surface area contributed by atoms with Gasteiger partial charge in [-0.1, -0.05) is 0 Å². The second-order valence-corrected chi connectivity index (χ2v) is 1.59. The van der Waals surface area contributed by atoms with Gasteiger partial charge in [0.15, 0.2) is 5.82 Å². The average Bonchev–Trinajstić information content (AvgIpc) is 2.15. The molecule has 1 aromatic heterocycles. The van der Waals surface area contributed by atoms with E-state index in [-0.39, 0.29) is 12.4 Å². The molecule has 0 aliphatic carbocycles. The van der Waals surface area contributed by atoms with Crippen molar-refractivity contribution in [3.63, 3.8) is 0 Å². The smallest absolute Gasteiger partial charge is 0.257 e. The number of aryl methyl sites for hydroxylation is 1. The van der Waals surface area contributed by atoms with Crippen LogP contribution in [0.2, 0.25) is 0 Å². The molecule has 5 N–H and O–H groups in total. The second kappa shape index (κ2) is 3.23. The van der Waals surface area contributed by atoms with E-state index in [2.05, 4.69) is 15.6 Å². The molecule has 0 amide bonds. The van der Waals surface area contributed by atoms with Crippen LogP contribution in [0.3, 0.4) is 0 Å². The molecule has 1 heterocycles. The number of nitrogens with two attached hydrogens (primary N) is 2. The van der Waals surface area contributed by atoms with Crippen LogP contribution >= 0.6 is 0 Å². The predicted octanol–water partition coefficient (Wildman–Crippen LogP) is -4.41. The molecule has 0 atom stereocenters. The molecule has 1 rings (SSSR count). The lowest BCUT2D eigenvalue weighted by Crippen LogP contribution is -3.00. The lowest BCUT2D eigenvalue weighted by atomic mass is 10.7. The molecule has 0 aromatic carbocycles. The quantitative estimate of drug-likeness (QED) is 0.287. The van der Waals surface area contributed by atoms with Crippen molar-refractivity contribution in [1.82, 2.24) is 14.9 Å². The molecular formula is C3H8ClN6-. The number of rotatable bonds is 1. The largest absolute Gasteiger partial charge is 1.00 e. The monoisotopic (exact) mass is 163 g/mol. The van der Waals surface area contributed by atoms with Gasteiger partial charge in [-0.2, -0.15) is 0 Å². The van der Waals surface area contributed by atoms with Crippen LogP contribution < -0.4 is 29.5 Å². The maximum atomic E-state index is 5.36. The van der Waals surface area contributed by atoms with E-state index in [0.29, 0.717) is 11.8 Å². The summed E-state index contributed by atoms with van der Waals surface area (Å²) in [6.07, 6.45) is 0. The maximum Gasteiger partial charge on any atom is 0.257 e. The van der Waals surface area contributed by atoms with Crippen molar-refractivity contribution < 1.29 is 12.4 Å². The molecule has 0 unspecified atom stereocenters. The Labute approximate surface area is 63.9 Å². The van der Waals surface area contributed by atoms with Crippen LogP contribution in [-0.4, -0.2) is 14.9 Å². The molecule has 0 aliphatic heterocycles. The minimum Gasteiger partial charge on any atom is -1.00 e. The molecule has 0 radical (unpaired) electrons. The molecule has 0 aliphatic rings. The fourth-order valence-corrected chi connectivity index (χ4v) is 0.468. The van der Waals surface area contributed by atoms with Crippen molar-refractivity contribution in [2.24, 2.45) is 5.84 Å². The molecule has 0 fully saturated rings. The zero-order chi connectivity index (χ0) is 6.85. The first-order chi connectivity index (χ1) is 4.25. The highest BCUT2D eigenvalue weighted by atomic mass is 35.5. The minimum atomic E-state index is 0. The standard InChI is InChI=1S/C3H8N6.ClH/c1-2-7-8-3(6-4)9(2)5;/h4-5H2,1H3,(H,6,8);1H/p-1. The number of halogens is 1. The van der Waals surface area contributed by atoms with Crippen molar-refractivity contribution in [2.75, 3.05) is 11.3 Å². The zero-order valence-electron chi connectivity index (χ0n) is 5.37. The molecule has 0 saturated carbocycles. The number of hydrogen-bond donors (Lipinski definition) is 3. The van der Waals surface area contributed by atoms with Crippen LogP contribution in [0.1, 0.15) is 5.82 Å². The first kappa shape index (κ1) is 8.99. The Hall–Kier alpha value is -1.01. The summed E-state index contributed by atoms with van der Waals surface area (Å²) in [6, 6.07) is 0. The van der Waals surface area contributed by atoms with Gasteiger partial charge >= 0.3 is 0 Å². The Morgan fingerprint density at radius 2 is 2.10 bits per heavy atom. The second-order valence-electron chi connectivity index (χ2n) is 1.59. The van der Waals surface area contributed by atoms with Gasteiger partial charge in [0.1, 0.15) is 0 Å². The normalized spacial score (nSPS) is 8.60. The Morgan fingerprint density at radius 3 is 2.30 bits per heavy atom. The maximum absolute atomic E-state index is 5.36. The number of nitrogen functional groups attached to an aromatic ring is 2. The average molecular weight is 164 g/mol. The summed E-state index contributed by atoms with van der Waals surface area (Å²) in [5.74, 6) is 11.3. The topological polar surface area (TPSA) is 94.8 Å². The van der Waals surface area contributed by atoms with Gasteiger partial charge in [-0.05, 0) is 6.92 Å². The number of anilines is 1. The fourth-order valence-electron chi connectivity index (χ4n) is 0.468. The van der Waals surface area contributed by atoms with Crippen LogP contribution in [0.5, 0.6) is 0 Å². The van der Waals surface area contributed by atoms with E-state index < -0.39 is 0 Å². The van der Waals surface area contributed by atoms with Gasteiger partial charge < -0.3 is 18.2 Å². The van der Waals surface area contributed by atoms with Gasteiger partial charge in [-0.15, -0.1) is 10.2 Å². The van der Waals surface area contributed by atoms with Crippen LogP contribution in [0.25, 0.3) is 0 Å². The molecule has 6 nitrogen and oxygen atoms in total. The van der Waals surface area contributed by atoms with Gasteiger partial charge in [0.05, 0.1) is 0 Å². The van der Waals surface area contributed by atoms with Crippen molar-refractivity contribution in [3.8, 4) is 0 Å². The Morgan fingerprint density at radius 1 is 1.50 bits per heavy atom. The van der Waals surface area contributed by atoms with Crippen molar-refractivity contribution in [1.29, 1.82) is 0 Å². The van der Waals surface area contributed by atoms with Crippen LogP contribution in [-0.2, 0) is 0 Å². The van der Waals surface area contributed by atoms with Gasteiger partial charge in [-0.25, -0.2) is 10.5 Å². The minimum absolute atomic E-state index is 0. The predicted molar refractivity (Wildman–Crippen MR) is 32.7 cm³/mol. The zero-order valence-corrected chi connectivity index (χ0v) is 6.13. The fraction of sp³-hybridized carbons (Fsp3) is 0.333. The summed E-state index contributed by atoms with van der Waals surface area (Å²) in [5.41, 5.74) is 2.28. The molecule has 1 aromatic rings. The third-order valence-corrected chi connectivity index (χ3v) is 0.995. The van der Waals surface area contributed by atoms with E-state index in [0.717, 1.165) is 0 Å². The summed E-state index contributed by atoms with van der Waals surface area (Å²) >= 11 is 0. The highest BCUT2D eigenvalue weighted by molar-refractivity contribution is 5.22. The van der Waals surface area contributed by atoms with Crippen LogP contribution in [0, 0.1) is 6.92 Å². The lowest BCUT2D eigenvalue weighted by molar-refractivity contribution is -0.00000223. The number of hydrogen-bond acceptors (Lipinski definition) is 5. The van der Waals surface area contributed by atoms with Gasteiger partial charge in [0.2, 0.25) is 0 Å². The van der Waals surface area contributed by atoms with E-state index in [9.17, 15) is 0 Å². The first-order valence-corrected chi connectivity index (χ1v) is 2.39. The Kier molecular flexibility index (Phi) is 2.91. The van der Waals surface area contributed by atoms with E-state index >= 15 is 0 Å². The number of nitrogens with one attached hydrogen (secondary N) is 1. The summed E-state index contributed by atoms with van der Waals surface area (Å²) in [4.78, 5) is 0. The van der Waals surface area contributed by atoms with Crippen LogP contribution in [0.4, 0.5) is 5.95 Å². The number of aromatic nitrogens is 3. The molecule has 58 valence electrons. The number of hydrazine groups is 1. The highest BCUT2D eigenvalue weighted by Crippen LogP contribution is 1.96. The molecule has 10 heavy (non-hydrogen) atoms. The van der Waals surface area contributed by atoms with Crippen molar-refractivity contribution in [2.45, 2.75) is 6.92 Å². The molecule has 0 bridgehead atoms. The third kappa shape index (κ3) is 1.28. The SMILES string of the molecule is Cc1nnc(NN)n1N.[Cl-]. The van der Waals surface area contributed by atoms with Crippen molar-refractivity contribution in [3.05, 3.63) is 5.82 Å². The molecule has 0 spiro atoms. The Balaban J connectivity index is 0.000000810. The number of nitrogens with zero attached hydrogens (tertiary/aromatic N) is 3.